The summed E-state index contributed by atoms with van der Waals surface area (Å²) in [6.07, 6.45) is 3.29. The van der Waals surface area contributed by atoms with E-state index < -0.39 is 5.97 Å². The summed E-state index contributed by atoms with van der Waals surface area (Å²) < 4.78 is 0. The van der Waals surface area contributed by atoms with Gasteiger partial charge in [-0.3, -0.25) is 9.59 Å². The number of likely N-dealkylation sites (N-methyl/N-ethyl adjacent to an activating group) is 1. The van der Waals surface area contributed by atoms with Gasteiger partial charge in [0.2, 0.25) is 5.91 Å². The maximum atomic E-state index is 11.8. The Kier molecular flexibility index (Phi) is 6.12. The monoisotopic (exact) mass is 256 g/mol. The van der Waals surface area contributed by atoms with E-state index in [1.54, 1.807) is 4.90 Å². The summed E-state index contributed by atoms with van der Waals surface area (Å²) in [6.45, 7) is 5.68. The van der Waals surface area contributed by atoms with Crippen molar-refractivity contribution in [2.45, 2.75) is 45.6 Å². The van der Waals surface area contributed by atoms with E-state index in [-0.39, 0.29) is 17.9 Å². The van der Waals surface area contributed by atoms with E-state index in [9.17, 15) is 9.59 Å². The molecule has 0 aromatic rings. The molecule has 104 valence electrons. The van der Waals surface area contributed by atoms with Crippen molar-refractivity contribution in [3.63, 3.8) is 0 Å². The van der Waals surface area contributed by atoms with Crippen LogP contribution in [0.4, 0.5) is 0 Å². The van der Waals surface area contributed by atoms with Gasteiger partial charge in [0.05, 0.1) is 12.5 Å². The first-order valence-corrected chi connectivity index (χ1v) is 6.82. The zero-order valence-corrected chi connectivity index (χ0v) is 11.3. The Bertz CT molecular complexity index is 290. The lowest BCUT2D eigenvalue weighted by Gasteiger charge is -2.28. The fourth-order valence-corrected chi connectivity index (χ4v) is 2.52. The molecule has 0 aliphatic heterocycles. The van der Waals surface area contributed by atoms with Crippen molar-refractivity contribution in [1.29, 1.82) is 0 Å². The Balaban J connectivity index is 2.34. The SMILES string of the molecule is CCN(CC)C(=O)CNC1CCCC(C(=O)O)C1. The van der Waals surface area contributed by atoms with E-state index in [1.807, 2.05) is 13.8 Å². The lowest BCUT2D eigenvalue weighted by atomic mass is 9.86. The van der Waals surface area contributed by atoms with E-state index in [0.29, 0.717) is 13.0 Å². The van der Waals surface area contributed by atoms with Crippen LogP contribution in [0.15, 0.2) is 0 Å². The number of nitrogens with zero attached hydrogens (tertiary/aromatic N) is 1. The summed E-state index contributed by atoms with van der Waals surface area (Å²) in [5, 5.41) is 12.2. The Hall–Kier alpha value is -1.10. The molecule has 0 aromatic heterocycles. The van der Waals surface area contributed by atoms with Crippen molar-refractivity contribution in [1.82, 2.24) is 10.2 Å². The molecule has 1 amide bonds. The van der Waals surface area contributed by atoms with Gasteiger partial charge in [0.1, 0.15) is 0 Å². The average molecular weight is 256 g/mol. The molecular weight excluding hydrogens is 232 g/mol. The normalized spacial score (nSPS) is 23.7. The standard InChI is InChI=1S/C13H24N2O3/c1-3-15(4-2)12(16)9-14-11-7-5-6-10(8-11)13(17)18/h10-11,14H,3-9H2,1-2H3,(H,17,18). The van der Waals surface area contributed by atoms with Gasteiger partial charge in [0.15, 0.2) is 0 Å². The van der Waals surface area contributed by atoms with Gasteiger partial charge < -0.3 is 15.3 Å². The van der Waals surface area contributed by atoms with Crippen molar-refractivity contribution < 1.29 is 14.7 Å². The van der Waals surface area contributed by atoms with Gasteiger partial charge in [-0.25, -0.2) is 0 Å². The van der Waals surface area contributed by atoms with Crippen LogP contribution in [-0.4, -0.2) is 47.6 Å². The van der Waals surface area contributed by atoms with Crippen LogP contribution >= 0.6 is 0 Å². The minimum Gasteiger partial charge on any atom is -0.481 e. The number of carbonyl (C=O) groups excluding carboxylic acids is 1. The minimum absolute atomic E-state index is 0.0949. The highest BCUT2D eigenvalue weighted by Crippen LogP contribution is 2.24. The van der Waals surface area contributed by atoms with Gasteiger partial charge in [-0.05, 0) is 33.1 Å². The predicted octanol–water partition coefficient (Wildman–Crippen LogP) is 1.09. The lowest BCUT2D eigenvalue weighted by molar-refractivity contribution is -0.143. The van der Waals surface area contributed by atoms with Crippen LogP contribution in [0.2, 0.25) is 0 Å². The average Bonchev–Trinajstić information content (AvgIpc) is 2.38. The Morgan fingerprint density at radius 3 is 2.50 bits per heavy atom. The fraction of sp³-hybridized carbons (Fsp3) is 0.846. The molecule has 1 rings (SSSR count). The second kappa shape index (κ2) is 7.36. The zero-order chi connectivity index (χ0) is 13.5. The highest BCUT2D eigenvalue weighted by molar-refractivity contribution is 5.78. The van der Waals surface area contributed by atoms with E-state index in [2.05, 4.69) is 5.32 Å². The molecule has 18 heavy (non-hydrogen) atoms. The largest absolute Gasteiger partial charge is 0.481 e. The predicted molar refractivity (Wildman–Crippen MR) is 69.3 cm³/mol. The van der Waals surface area contributed by atoms with Gasteiger partial charge in [-0.2, -0.15) is 0 Å². The van der Waals surface area contributed by atoms with Crippen molar-refractivity contribution in [2.75, 3.05) is 19.6 Å². The molecule has 2 unspecified atom stereocenters. The van der Waals surface area contributed by atoms with Crippen LogP contribution in [0.5, 0.6) is 0 Å². The maximum absolute atomic E-state index is 11.8. The summed E-state index contributed by atoms with van der Waals surface area (Å²) in [5.74, 6) is -0.867. The smallest absolute Gasteiger partial charge is 0.306 e. The van der Waals surface area contributed by atoms with E-state index in [0.717, 1.165) is 32.4 Å². The number of hydrogen-bond donors (Lipinski definition) is 2. The molecule has 1 saturated carbocycles. The summed E-state index contributed by atoms with van der Waals surface area (Å²) in [7, 11) is 0. The Morgan fingerprint density at radius 1 is 1.28 bits per heavy atom. The van der Waals surface area contributed by atoms with Gasteiger partial charge in [-0.15, -0.1) is 0 Å². The maximum Gasteiger partial charge on any atom is 0.306 e. The molecule has 5 heteroatoms. The van der Waals surface area contributed by atoms with E-state index >= 15 is 0 Å². The molecular formula is C13H24N2O3. The van der Waals surface area contributed by atoms with Crippen LogP contribution in [0.25, 0.3) is 0 Å². The molecule has 1 aliphatic carbocycles. The Labute approximate surface area is 109 Å². The van der Waals surface area contributed by atoms with Crippen molar-refractivity contribution in [3.05, 3.63) is 0 Å². The molecule has 2 N–H and O–H groups in total. The third-order valence-corrected chi connectivity index (χ3v) is 3.68. The van der Waals surface area contributed by atoms with E-state index in [4.69, 9.17) is 5.11 Å². The summed E-state index contributed by atoms with van der Waals surface area (Å²) >= 11 is 0. The van der Waals surface area contributed by atoms with Gasteiger partial charge in [0.25, 0.3) is 0 Å². The second-order valence-electron chi connectivity index (χ2n) is 4.85. The van der Waals surface area contributed by atoms with Gasteiger partial charge >= 0.3 is 5.97 Å². The lowest BCUT2D eigenvalue weighted by Crippen LogP contribution is -2.43. The van der Waals surface area contributed by atoms with Gasteiger partial charge in [0, 0.05) is 19.1 Å². The third kappa shape index (κ3) is 4.29. The first-order chi connectivity index (χ1) is 8.58. The zero-order valence-electron chi connectivity index (χ0n) is 11.3. The summed E-state index contributed by atoms with van der Waals surface area (Å²) in [4.78, 5) is 24.5. The number of carboxylic acids is 1. The van der Waals surface area contributed by atoms with Crippen molar-refractivity contribution >= 4 is 11.9 Å². The number of hydrogen-bond acceptors (Lipinski definition) is 3. The quantitative estimate of drug-likeness (QED) is 0.746. The Morgan fingerprint density at radius 2 is 1.94 bits per heavy atom. The van der Waals surface area contributed by atoms with E-state index in [1.165, 1.54) is 0 Å². The third-order valence-electron chi connectivity index (χ3n) is 3.68. The topological polar surface area (TPSA) is 69.6 Å². The van der Waals surface area contributed by atoms with Gasteiger partial charge in [-0.1, -0.05) is 6.42 Å². The molecule has 0 bridgehead atoms. The molecule has 5 nitrogen and oxygen atoms in total. The van der Waals surface area contributed by atoms with Crippen LogP contribution in [0.3, 0.4) is 0 Å². The molecule has 0 saturated heterocycles. The number of aliphatic carboxylic acids is 1. The fourth-order valence-electron chi connectivity index (χ4n) is 2.52. The summed E-state index contributed by atoms with van der Waals surface area (Å²) in [5.41, 5.74) is 0. The molecule has 0 radical (unpaired) electrons. The number of nitrogens with one attached hydrogen (secondary N) is 1. The van der Waals surface area contributed by atoms with Crippen molar-refractivity contribution in [2.24, 2.45) is 5.92 Å². The van der Waals surface area contributed by atoms with Crippen LogP contribution in [0, 0.1) is 5.92 Å². The number of rotatable bonds is 6. The molecule has 0 heterocycles. The molecule has 1 aliphatic rings. The van der Waals surface area contributed by atoms with Crippen LogP contribution < -0.4 is 5.32 Å². The molecule has 0 aromatic carbocycles. The minimum atomic E-state index is -0.712. The van der Waals surface area contributed by atoms with Crippen LogP contribution in [0.1, 0.15) is 39.5 Å². The second-order valence-corrected chi connectivity index (χ2v) is 4.85. The highest BCUT2D eigenvalue weighted by Gasteiger charge is 2.27. The molecule has 1 fully saturated rings. The first kappa shape index (κ1) is 15.0. The number of carboxylic acid groups (broad SMARTS) is 1. The highest BCUT2D eigenvalue weighted by atomic mass is 16.4. The summed E-state index contributed by atoms with van der Waals surface area (Å²) in [6, 6.07) is 0.166. The number of carbonyl (C=O) groups is 2. The number of amides is 1. The van der Waals surface area contributed by atoms with Crippen molar-refractivity contribution in [3.8, 4) is 0 Å². The van der Waals surface area contributed by atoms with Crippen LogP contribution in [-0.2, 0) is 9.59 Å². The molecule has 2 atom stereocenters. The molecule has 0 spiro atoms. The first-order valence-electron chi connectivity index (χ1n) is 6.82.